The molecule has 0 saturated carbocycles. The summed E-state index contributed by atoms with van der Waals surface area (Å²) >= 11 is 0. The molecule has 1 aromatic heterocycles. The Labute approximate surface area is 120 Å². The molecule has 0 aliphatic carbocycles. The van der Waals surface area contributed by atoms with Gasteiger partial charge in [0, 0.05) is 5.54 Å². The molecule has 1 rings (SSSR count). The average Bonchev–Trinajstić information content (AvgIpc) is 2.27. The van der Waals surface area contributed by atoms with Crippen molar-refractivity contribution < 1.29 is 9.53 Å². The van der Waals surface area contributed by atoms with Crippen LogP contribution in [0.5, 0.6) is 5.88 Å². The Morgan fingerprint density at radius 1 is 1.40 bits per heavy atom. The molecule has 0 aliphatic heterocycles. The maximum atomic E-state index is 11.7. The Kier molecular flexibility index (Phi) is 5.19. The summed E-state index contributed by atoms with van der Waals surface area (Å²) in [5.41, 5.74) is 6.01. The summed E-state index contributed by atoms with van der Waals surface area (Å²) in [4.78, 5) is 15.9. The Balaban J connectivity index is 2.62. The van der Waals surface area contributed by atoms with Crippen molar-refractivity contribution in [1.29, 1.82) is 0 Å². The van der Waals surface area contributed by atoms with E-state index in [2.05, 4.69) is 15.6 Å². The molecule has 0 radical (unpaired) electrons. The van der Waals surface area contributed by atoms with Crippen LogP contribution in [0.1, 0.15) is 34.6 Å². The van der Waals surface area contributed by atoms with Crippen LogP contribution >= 0.6 is 0 Å². The fourth-order valence-electron chi connectivity index (χ4n) is 1.50. The third-order valence-electron chi connectivity index (χ3n) is 2.18. The van der Waals surface area contributed by atoms with Crippen LogP contribution in [0.3, 0.4) is 0 Å². The van der Waals surface area contributed by atoms with E-state index in [9.17, 15) is 4.79 Å². The fraction of sp³-hybridized carbons (Fsp3) is 0.571. The smallest absolute Gasteiger partial charge is 0.239 e. The van der Waals surface area contributed by atoms with E-state index in [0.29, 0.717) is 17.4 Å². The van der Waals surface area contributed by atoms with Gasteiger partial charge in [0.1, 0.15) is 5.82 Å². The highest BCUT2D eigenvalue weighted by molar-refractivity contribution is 5.81. The Morgan fingerprint density at radius 3 is 2.60 bits per heavy atom. The molecule has 20 heavy (non-hydrogen) atoms. The number of amides is 1. The fourth-order valence-corrected chi connectivity index (χ4v) is 1.50. The molecule has 0 fully saturated rings. The van der Waals surface area contributed by atoms with Gasteiger partial charge in [0.05, 0.1) is 18.3 Å². The summed E-state index contributed by atoms with van der Waals surface area (Å²) in [6, 6.07) is 3.42. The molecule has 6 heteroatoms. The SMILES string of the molecule is CC(C)Oc1nc(NCC(=O)NC(C)(C)C)ccc1N. The molecule has 0 unspecified atom stereocenters. The number of pyridine rings is 1. The van der Waals surface area contributed by atoms with Gasteiger partial charge < -0.3 is 21.1 Å². The van der Waals surface area contributed by atoms with Crippen molar-refractivity contribution in [2.24, 2.45) is 0 Å². The van der Waals surface area contributed by atoms with E-state index < -0.39 is 0 Å². The first-order valence-electron chi connectivity index (χ1n) is 6.65. The number of nitrogens with zero attached hydrogens (tertiary/aromatic N) is 1. The summed E-state index contributed by atoms with van der Waals surface area (Å²) in [7, 11) is 0. The number of carbonyl (C=O) groups excluding carboxylic acids is 1. The minimum atomic E-state index is -0.251. The number of nitrogens with one attached hydrogen (secondary N) is 2. The Morgan fingerprint density at radius 2 is 2.05 bits per heavy atom. The molecule has 0 atom stereocenters. The third kappa shape index (κ3) is 5.77. The second-order valence-electron chi connectivity index (χ2n) is 5.91. The van der Waals surface area contributed by atoms with E-state index in [0.717, 1.165) is 0 Å². The number of hydrogen-bond acceptors (Lipinski definition) is 5. The van der Waals surface area contributed by atoms with Gasteiger partial charge in [0.25, 0.3) is 0 Å². The van der Waals surface area contributed by atoms with E-state index in [1.807, 2.05) is 34.6 Å². The first kappa shape index (κ1) is 16.1. The zero-order valence-corrected chi connectivity index (χ0v) is 12.8. The predicted molar refractivity (Wildman–Crippen MR) is 80.8 cm³/mol. The van der Waals surface area contributed by atoms with Crippen molar-refractivity contribution in [2.45, 2.75) is 46.3 Å². The minimum Gasteiger partial charge on any atom is -0.473 e. The Hall–Kier alpha value is -1.98. The van der Waals surface area contributed by atoms with Crippen LogP contribution in [0.15, 0.2) is 12.1 Å². The number of aromatic nitrogens is 1. The van der Waals surface area contributed by atoms with Gasteiger partial charge in [-0.3, -0.25) is 4.79 Å². The number of nitrogens with two attached hydrogens (primary N) is 1. The van der Waals surface area contributed by atoms with Crippen molar-refractivity contribution in [1.82, 2.24) is 10.3 Å². The lowest BCUT2D eigenvalue weighted by Crippen LogP contribution is -2.43. The van der Waals surface area contributed by atoms with E-state index >= 15 is 0 Å². The van der Waals surface area contributed by atoms with Gasteiger partial charge in [-0.05, 0) is 46.8 Å². The highest BCUT2D eigenvalue weighted by atomic mass is 16.5. The van der Waals surface area contributed by atoms with Crippen molar-refractivity contribution in [3.63, 3.8) is 0 Å². The Bertz CT molecular complexity index is 467. The van der Waals surface area contributed by atoms with Crippen molar-refractivity contribution in [3.8, 4) is 5.88 Å². The van der Waals surface area contributed by atoms with Crippen LogP contribution in [0.25, 0.3) is 0 Å². The van der Waals surface area contributed by atoms with E-state index in [-0.39, 0.29) is 24.1 Å². The second kappa shape index (κ2) is 6.45. The molecular weight excluding hydrogens is 256 g/mol. The molecule has 6 nitrogen and oxygen atoms in total. The summed E-state index contributed by atoms with van der Waals surface area (Å²) < 4.78 is 5.50. The highest BCUT2D eigenvalue weighted by Gasteiger charge is 2.13. The standard InChI is InChI=1S/C14H24N4O2/c1-9(2)20-13-10(15)6-7-11(17-13)16-8-12(19)18-14(3,4)5/h6-7,9H,8,15H2,1-5H3,(H,16,17)(H,18,19). The maximum Gasteiger partial charge on any atom is 0.239 e. The topological polar surface area (TPSA) is 89.3 Å². The van der Waals surface area contributed by atoms with E-state index in [4.69, 9.17) is 10.5 Å². The molecule has 1 aromatic rings. The van der Waals surface area contributed by atoms with Gasteiger partial charge in [-0.2, -0.15) is 4.98 Å². The lowest BCUT2D eigenvalue weighted by Gasteiger charge is -2.20. The molecule has 1 amide bonds. The second-order valence-corrected chi connectivity index (χ2v) is 5.91. The first-order valence-corrected chi connectivity index (χ1v) is 6.65. The van der Waals surface area contributed by atoms with E-state index in [1.165, 1.54) is 0 Å². The van der Waals surface area contributed by atoms with Gasteiger partial charge in [-0.25, -0.2) is 0 Å². The van der Waals surface area contributed by atoms with Gasteiger partial charge in [-0.1, -0.05) is 0 Å². The van der Waals surface area contributed by atoms with Gasteiger partial charge in [0.15, 0.2) is 0 Å². The monoisotopic (exact) mass is 280 g/mol. The van der Waals surface area contributed by atoms with Crippen LogP contribution in [-0.2, 0) is 4.79 Å². The highest BCUT2D eigenvalue weighted by Crippen LogP contribution is 2.21. The van der Waals surface area contributed by atoms with Crippen LogP contribution in [0.2, 0.25) is 0 Å². The van der Waals surface area contributed by atoms with Crippen molar-refractivity contribution >= 4 is 17.4 Å². The van der Waals surface area contributed by atoms with Crippen molar-refractivity contribution in [2.75, 3.05) is 17.6 Å². The van der Waals surface area contributed by atoms with Crippen LogP contribution in [0.4, 0.5) is 11.5 Å². The number of anilines is 2. The summed E-state index contributed by atoms with van der Waals surface area (Å²) in [6.45, 7) is 9.74. The average molecular weight is 280 g/mol. The number of carbonyl (C=O) groups is 1. The lowest BCUT2D eigenvalue weighted by molar-refractivity contribution is -0.120. The van der Waals surface area contributed by atoms with Crippen LogP contribution < -0.4 is 21.1 Å². The summed E-state index contributed by atoms with van der Waals surface area (Å²) in [6.07, 6.45) is -0.00996. The quantitative estimate of drug-likeness (QED) is 0.765. The molecule has 0 aliphatic rings. The largest absolute Gasteiger partial charge is 0.473 e. The van der Waals surface area contributed by atoms with Gasteiger partial charge >= 0.3 is 0 Å². The summed E-state index contributed by atoms with van der Waals surface area (Å²) in [5.74, 6) is 0.836. The molecule has 112 valence electrons. The zero-order chi connectivity index (χ0) is 15.3. The number of rotatable bonds is 5. The first-order chi connectivity index (χ1) is 9.17. The van der Waals surface area contributed by atoms with E-state index in [1.54, 1.807) is 12.1 Å². The molecule has 0 bridgehead atoms. The van der Waals surface area contributed by atoms with Crippen LogP contribution in [-0.4, -0.2) is 29.1 Å². The molecule has 4 N–H and O–H groups in total. The normalized spacial score (nSPS) is 11.3. The summed E-state index contributed by atoms with van der Waals surface area (Å²) in [5, 5.41) is 5.81. The van der Waals surface area contributed by atoms with Gasteiger partial charge in [-0.15, -0.1) is 0 Å². The maximum absolute atomic E-state index is 11.7. The molecule has 0 saturated heterocycles. The number of hydrogen-bond donors (Lipinski definition) is 3. The van der Waals surface area contributed by atoms with Crippen LogP contribution in [0, 0.1) is 0 Å². The molecular formula is C14H24N4O2. The van der Waals surface area contributed by atoms with Gasteiger partial charge in [0.2, 0.25) is 11.8 Å². The lowest BCUT2D eigenvalue weighted by atomic mass is 10.1. The predicted octanol–water partition coefficient (Wildman–Crippen LogP) is 1.78. The zero-order valence-electron chi connectivity index (χ0n) is 12.8. The molecule has 0 aromatic carbocycles. The third-order valence-corrected chi connectivity index (χ3v) is 2.18. The molecule has 1 heterocycles. The number of nitrogen functional groups attached to an aromatic ring is 1. The minimum absolute atomic E-state index is 0.00996. The van der Waals surface area contributed by atoms with Crippen molar-refractivity contribution in [3.05, 3.63) is 12.1 Å². The molecule has 0 spiro atoms. The number of ether oxygens (including phenoxy) is 1.